The fraction of sp³-hybridized carbons (Fsp3) is 0.294. The van der Waals surface area contributed by atoms with E-state index in [0.717, 1.165) is 19.4 Å². The van der Waals surface area contributed by atoms with Crippen LogP contribution in [-0.2, 0) is 23.8 Å². The second kappa shape index (κ2) is 9.12. The zero-order valence-electron chi connectivity index (χ0n) is 14.4. The Morgan fingerprint density at radius 1 is 1.50 bits per heavy atom. The first-order valence-electron chi connectivity index (χ1n) is 7.35. The quantitative estimate of drug-likeness (QED) is 0.477. The fourth-order valence-corrected chi connectivity index (χ4v) is 2.56. The topological polar surface area (TPSA) is 96.7 Å². The van der Waals surface area contributed by atoms with Gasteiger partial charge in [-0.2, -0.15) is 13.7 Å². The number of methoxy groups -OCH3 is 1. The van der Waals surface area contributed by atoms with E-state index in [9.17, 15) is 17.6 Å². The van der Waals surface area contributed by atoms with Crippen molar-refractivity contribution in [2.75, 3.05) is 20.0 Å². The van der Waals surface area contributed by atoms with E-state index in [1.807, 2.05) is 0 Å². The summed E-state index contributed by atoms with van der Waals surface area (Å²) in [5.41, 5.74) is 0.323. The number of benzene rings is 1. The lowest BCUT2D eigenvalue weighted by Crippen LogP contribution is -2.31. The van der Waals surface area contributed by atoms with Crippen molar-refractivity contribution in [3.05, 3.63) is 60.2 Å². The molecule has 1 aromatic rings. The van der Waals surface area contributed by atoms with Gasteiger partial charge in [-0.25, -0.2) is 9.18 Å². The number of ether oxygens (including phenoxy) is 1. The van der Waals surface area contributed by atoms with Crippen molar-refractivity contribution in [2.45, 2.75) is 12.5 Å². The fourth-order valence-electron chi connectivity index (χ4n) is 2.18. The molecule has 0 amide bonds. The highest BCUT2D eigenvalue weighted by Crippen LogP contribution is 2.29. The van der Waals surface area contributed by atoms with Crippen LogP contribution in [0.4, 0.5) is 4.39 Å². The van der Waals surface area contributed by atoms with E-state index >= 15 is 0 Å². The van der Waals surface area contributed by atoms with E-state index in [2.05, 4.69) is 17.3 Å². The number of esters is 1. The smallest absolute Gasteiger partial charge is 0.333 e. The lowest BCUT2D eigenvalue weighted by molar-refractivity contribution is -0.145. The molecule has 0 bridgehead atoms. The minimum Gasteiger partial charge on any atom is -0.467 e. The lowest BCUT2D eigenvalue weighted by atomic mass is 10.0. The Balaban J connectivity index is 3.17. The highest BCUT2D eigenvalue weighted by molar-refractivity contribution is 7.85. The van der Waals surface area contributed by atoms with Gasteiger partial charge in [0.1, 0.15) is 5.82 Å². The van der Waals surface area contributed by atoms with Gasteiger partial charge in [-0.1, -0.05) is 19.2 Å². The molecule has 0 saturated carbocycles. The summed E-state index contributed by atoms with van der Waals surface area (Å²) in [6.07, 6.45) is 2.21. The Morgan fingerprint density at radius 3 is 2.62 bits per heavy atom. The van der Waals surface area contributed by atoms with Gasteiger partial charge in [-0.05, 0) is 18.3 Å². The summed E-state index contributed by atoms with van der Waals surface area (Å²) in [6, 6.07) is 4.23. The highest BCUT2D eigenvalue weighted by Gasteiger charge is 2.30. The number of nitrogens with zero attached hydrogens (tertiary/aromatic N) is 2. The third kappa shape index (κ3) is 5.68. The molecule has 0 heterocycles. The van der Waals surface area contributed by atoms with Crippen LogP contribution in [0.15, 0.2) is 43.3 Å². The maximum absolute atomic E-state index is 14.4. The molecule has 7 nitrogen and oxygen atoms in total. The van der Waals surface area contributed by atoms with E-state index in [4.69, 9.17) is 10.00 Å². The third-order valence-corrected chi connectivity index (χ3v) is 3.97. The van der Waals surface area contributed by atoms with Gasteiger partial charge in [0.05, 0.1) is 31.6 Å². The highest BCUT2D eigenvalue weighted by atomic mass is 32.2. The zero-order chi connectivity index (χ0) is 19.9. The summed E-state index contributed by atoms with van der Waals surface area (Å²) in [5, 5.41) is 8.84. The van der Waals surface area contributed by atoms with Crippen LogP contribution >= 0.6 is 0 Å². The van der Waals surface area contributed by atoms with E-state index in [1.54, 1.807) is 6.07 Å². The van der Waals surface area contributed by atoms with Gasteiger partial charge in [0, 0.05) is 17.7 Å². The van der Waals surface area contributed by atoms with Crippen LogP contribution in [0.25, 0.3) is 0 Å². The minimum absolute atomic E-state index is 0.0408. The monoisotopic (exact) mass is 382 g/mol. The average molecular weight is 382 g/mol. The number of hydrogen-bond acceptors (Lipinski definition) is 7. The third-order valence-electron chi connectivity index (χ3n) is 3.38. The second-order valence-corrected chi connectivity index (χ2v) is 6.85. The second-order valence-electron chi connectivity index (χ2n) is 5.21. The van der Waals surface area contributed by atoms with Crippen molar-refractivity contribution < 1.29 is 26.5 Å². The van der Waals surface area contributed by atoms with Crippen molar-refractivity contribution in [3.8, 4) is 6.07 Å². The first-order valence-corrected chi connectivity index (χ1v) is 9.16. The summed E-state index contributed by atoms with van der Waals surface area (Å²) in [5.74, 6) is -1.55. The molecule has 0 aliphatic rings. The molecule has 0 saturated heterocycles. The lowest BCUT2D eigenvalue weighted by Gasteiger charge is -2.30. The molecule has 0 spiro atoms. The maximum Gasteiger partial charge on any atom is 0.333 e. The summed E-state index contributed by atoms with van der Waals surface area (Å²) in [6.45, 7) is 7.16. The van der Waals surface area contributed by atoms with Crippen molar-refractivity contribution >= 4 is 16.1 Å². The van der Waals surface area contributed by atoms with Gasteiger partial charge in [0.2, 0.25) is 0 Å². The molecule has 0 aromatic heterocycles. The molecular weight excluding hydrogens is 363 g/mol. The molecule has 0 aliphatic heterocycles. The van der Waals surface area contributed by atoms with Crippen LogP contribution in [0.1, 0.15) is 23.6 Å². The van der Waals surface area contributed by atoms with Crippen LogP contribution in [0.2, 0.25) is 0 Å². The van der Waals surface area contributed by atoms with Crippen molar-refractivity contribution in [2.24, 2.45) is 0 Å². The van der Waals surface area contributed by atoms with Gasteiger partial charge in [-0.15, -0.1) is 0 Å². The SMILES string of the molecule is C=CN(C(=C)CCOS(C)(=O)=O)C(C(=O)OC)c1ccc(C#N)cc1F. The molecule has 1 rings (SSSR count). The largest absolute Gasteiger partial charge is 0.467 e. The van der Waals surface area contributed by atoms with Crippen LogP contribution < -0.4 is 0 Å². The molecule has 1 unspecified atom stereocenters. The molecule has 0 aliphatic carbocycles. The molecule has 1 aromatic carbocycles. The minimum atomic E-state index is -3.63. The Morgan fingerprint density at radius 2 is 2.15 bits per heavy atom. The van der Waals surface area contributed by atoms with Crippen molar-refractivity contribution in [3.63, 3.8) is 0 Å². The van der Waals surface area contributed by atoms with E-state index in [1.165, 1.54) is 23.2 Å². The first kappa shape index (κ1) is 21.3. The van der Waals surface area contributed by atoms with Crippen LogP contribution in [-0.4, -0.2) is 39.3 Å². The number of halogens is 1. The van der Waals surface area contributed by atoms with E-state index in [0.29, 0.717) is 0 Å². The number of carbonyl (C=O) groups is 1. The zero-order valence-corrected chi connectivity index (χ0v) is 15.3. The summed E-state index contributed by atoms with van der Waals surface area (Å²) < 4.78 is 45.8. The first-order chi connectivity index (χ1) is 12.1. The van der Waals surface area contributed by atoms with Crippen molar-refractivity contribution in [1.29, 1.82) is 5.26 Å². The molecule has 140 valence electrons. The molecule has 1 atom stereocenters. The maximum atomic E-state index is 14.4. The summed E-state index contributed by atoms with van der Waals surface area (Å²) >= 11 is 0. The van der Waals surface area contributed by atoms with Gasteiger partial charge in [0.15, 0.2) is 6.04 Å². The standard InChI is InChI=1S/C17H19FN2O5S/c1-5-20(12(2)8-9-25-26(4,22)23)16(17(21)24-3)14-7-6-13(11-19)10-15(14)18/h5-7,10,16H,1-2,8-9H2,3-4H3. The van der Waals surface area contributed by atoms with Crippen LogP contribution in [0.5, 0.6) is 0 Å². The molecule has 0 N–H and O–H groups in total. The number of rotatable bonds is 9. The Hall–Kier alpha value is -2.70. The molecule has 0 fully saturated rings. The molecule has 9 heteroatoms. The van der Waals surface area contributed by atoms with Crippen molar-refractivity contribution in [1.82, 2.24) is 4.90 Å². The number of carbonyl (C=O) groups excluding carboxylic acids is 1. The normalized spacial score (nSPS) is 11.9. The Labute approximate surface area is 152 Å². The summed E-state index contributed by atoms with van der Waals surface area (Å²) in [7, 11) is -2.48. The molecule has 26 heavy (non-hydrogen) atoms. The van der Waals surface area contributed by atoms with Gasteiger partial charge in [-0.3, -0.25) is 4.18 Å². The Bertz CT molecular complexity index is 845. The van der Waals surface area contributed by atoms with Gasteiger partial charge >= 0.3 is 5.97 Å². The van der Waals surface area contributed by atoms with E-state index in [-0.39, 0.29) is 29.9 Å². The average Bonchev–Trinajstić information content (AvgIpc) is 2.58. The van der Waals surface area contributed by atoms with Gasteiger partial charge in [0.25, 0.3) is 10.1 Å². The van der Waals surface area contributed by atoms with E-state index < -0.39 is 27.9 Å². The summed E-state index contributed by atoms with van der Waals surface area (Å²) in [4.78, 5) is 13.5. The van der Waals surface area contributed by atoms with Crippen LogP contribution in [0, 0.1) is 17.1 Å². The molecule has 0 radical (unpaired) electrons. The predicted octanol–water partition coefficient (Wildman–Crippen LogP) is 2.24. The van der Waals surface area contributed by atoms with Gasteiger partial charge < -0.3 is 9.64 Å². The number of nitriles is 1. The Kier molecular flexibility index (Phi) is 7.49. The molecular formula is C17H19FN2O5S. The number of hydrogen-bond donors (Lipinski definition) is 0. The predicted molar refractivity (Wildman–Crippen MR) is 92.5 cm³/mol. The van der Waals surface area contributed by atoms with Crippen LogP contribution in [0.3, 0.4) is 0 Å².